The second-order valence-corrected chi connectivity index (χ2v) is 3.72. The molecule has 1 aromatic rings. The molecular weight excluding hydrogens is 194 g/mol. The standard InChI is InChI=1S/C10H15N3O2/c1-8-5-13(6-9(7-14)15-8)10-4-11-2-3-12-10/h2-4,8-9,14H,5-7H2,1H3. The first kappa shape index (κ1) is 10.3. The molecule has 1 saturated heterocycles. The Bertz CT molecular complexity index is 307. The SMILES string of the molecule is CC1CN(c2cnccn2)CC(CO)O1. The van der Waals surface area contributed by atoms with Gasteiger partial charge in [-0.3, -0.25) is 4.98 Å². The fourth-order valence-electron chi connectivity index (χ4n) is 1.79. The lowest BCUT2D eigenvalue weighted by atomic mass is 10.2. The van der Waals surface area contributed by atoms with Crippen molar-refractivity contribution in [2.24, 2.45) is 0 Å². The van der Waals surface area contributed by atoms with Crippen molar-refractivity contribution in [3.8, 4) is 0 Å². The van der Waals surface area contributed by atoms with Gasteiger partial charge in [0.15, 0.2) is 0 Å². The maximum Gasteiger partial charge on any atom is 0.147 e. The van der Waals surface area contributed by atoms with Crippen molar-refractivity contribution in [3.05, 3.63) is 18.6 Å². The highest BCUT2D eigenvalue weighted by Crippen LogP contribution is 2.16. The van der Waals surface area contributed by atoms with Crippen LogP contribution in [0.15, 0.2) is 18.6 Å². The van der Waals surface area contributed by atoms with Gasteiger partial charge in [0, 0.05) is 25.5 Å². The van der Waals surface area contributed by atoms with Crippen molar-refractivity contribution in [1.82, 2.24) is 9.97 Å². The third kappa shape index (κ3) is 2.43. The quantitative estimate of drug-likeness (QED) is 0.746. The summed E-state index contributed by atoms with van der Waals surface area (Å²) < 4.78 is 5.55. The minimum Gasteiger partial charge on any atom is -0.394 e. The molecule has 2 heterocycles. The van der Waals surface area contributed by atoms with Crippen molar-refractivity contribution < 1.29 is 9.84 Å². The minimum absolute atomic E-state index is 0.0428. The lowest BCUT2D eigenvalue weighted by Gasteiger charge is -2.36. The number of anilines is 1. The Morgan fingerprint density at radius 1 is 1.53 bits per heavy atom. The van der Waals surface area contributed by atoms with Crippen molar-refractivity contribution in [2.75, 3.05) is 24.6 Å². The van der Waals surface area contributed by atoms with Gasteiger partial charge in [0.05, 0.1) is 25.0 Å². The zero-order valence-electron chi connectivity index (χ0n) is 8.71. The molecule has 2 atom stereocenters. The monoisotopic (exact) mass is 209 g/mol. The normalized spacial score (nSPS) is 26.7. The van der Waals surface area contributed by atoms with E-state index >= 15 is 0 Å². The topological polar surface area (TPSA) is 58.5 Å². The lowest BCUT2D eigenvalue weighted by molar-refractivity contribution is -0.0423. The Balaban J connectivity index is 2.09. The van der Waals surface area contributed by atoms with Crippen molar-refractivity contribution in [2.45, 2.75) is 19.1 Å². The molecule has 15 heavy (non-hydrogen) atoms. The second-order valence-electron chi connectivity index (χ2n) is 3.72. The fourth-order valence-corrected chi connectivity index (χ4v) is 1.79. The van der Waals surface area contributed by atoms with E-state index in [9.17, 15) is 0 Å². The van der Waals surface area contributed by atoms with E-state index in [-0.39, 0.29) is 18.8 Å². The predicted octanol–water partition coefficient (Wildman–Crippen LogP) is 0.0626. The van der Waals surface area contributed by atoms with Crippen LogP contribution in [0.25, 0.3) is 0 Å². The molecule has 0 radical (unpaired) electrons. The second kappa shape index (κ2) is 4.55. The van der Waals surface area contributed by atoms with Gasteiger partial charge < -0.3 is 14.7 Å². The van der Waals surface area contributed by atoms with E-state index in [1.165, 1.54) is 0 Å². The molecule has 0 bridgehead atoms. The lowest BCUT2D eigenvalue weighted by Crippen LogP contribution is -2.48. The highest BCUT2D eigenvalue weighted by molar-refractivity contribution is 5.36. The summed E-state index contributed by atoms with van der Waals surface area (Å²) in [5.74, 6) is 0.839. The number of rotatable bonds is 2. The van der Waals surface area contributed by atoms with Gasteiger partial charge in [-0.25, -0.2) is 4.98 Å². The number of ether oxygens (including phenoxy) is 1. The minimum atomic E-state index is -0.129. The summed E-state index contributed by atoms with van der Waals surface area (Å²) in [6, 6.07) is 0. The maximum absolute atomic E-state index is 9.09. The fraction of sp³-hybridized carbons (Fsp3) is 0.600. The molecule has 1 N–H and O–H groups in total. The summed E-state index contributed by atoms with van der Waals surface area (Å²) >= 11 is 0. The first-order chi connectivity index (χ1) is 7.29. The molecule has 2 rings (SSSR count). The number of morpholine rings is 1. The van der Waals surface area contributed by atoms with Gasteiger partial charge in [-0.15, -0.1) is 0 Å². The van der Waals surface area contributed by atoms with E-state index in [0.29, 0.717) is 6.54 Å². The number of hydrogen-bond acceptors (Lipinski definition) is 5. The summed E-state index contributed by atoms with van der Waals surface area (Å²) in [7, 11) is 0. The first-order valence-electron chi connectivity index (χ1n) is 5.07. The molecule has 0 aliphatic carbocycles. The molecule has 82 valence electrons. The average Bonchev–Trinajstić information content (AvgIpc) is 2.29. The van der Waals surface area contributed by atoms with Gasteiger partial charge in [-0.05, 0) is 6.92 Å². The van der Waals surface area contributed by atoms with Gasteiger partial charge >= 0.3 is 0 Å². The Hall–Kier alpha value is -1.20. The average molecular weight is 209 g/mol. The van der Waals surface area contributed by atoms with Crippen LogP contribution in [0, 0.1) is 0 Å². The van der Waals surface area contributed by atoms with Crippen LogP contribution in [-0.2, 0) is 4.74 Å². The van der Waals surface area contributed by atoms with Crippen LogP contribution >= 0.6 is 0 Å². The summed E-state index contributed by atoms with van der Waals surface area (Å²) in [6.07, 6.45) is 5.03. The third-order valence-corrected chi connectivity index (χ3v) is 2.40. The predicted molar refractivity (Wildman–Crippen MR) is 55.7 cm³/mol. The number of aliphatic hydroxyl groups excluding tert-OH is 1. The molecule has 2 unspecified atom stereocenters. The Labute approximate surface area is 88.7 Å². The van der Waals surface area contributed by atoms with Gasteiger partial charge in [-0.2, -0.15) is 0 Å². The van der Waals surface area contributed by atoms with Crippen molar-refractivity contribution >= 4 is 5.82 Å². The van der Waals surface area contributed by atoms with Gasteiger partial charge in [0.25, 0.3) is 0 Å². The largest absolute Gasteiger partial charge is 0.394 e. The van der Waals surface area contributed by atoms with Crippen molar-refractivity contribution in [3.63, 3.8) is 0 Å². The van der Waals surface area contributed by atoms with Crippen LogP contribution in [0.5, 0.6) is 0 Å². The van der Waals surface area contributed by atoms with E-state index in [2.05, 4.69) is 14.9 Å². The van der Waals surface area contributed by atoms with Gasteiger partial charge in [-0.1, -0.05) is 0 Å². The van der Waals surface area contributed by atoms with Gasteiger partial charge in [0.1, 0.15) is 5.82 Å². The summed E-state index contributed by atoms with van der Waals surface area (Å²) in [5.41, 5.74) is 0. The number of aliphatic hydroxyl groups is 1. The molecule has 1 aromatic heterocycles. The van der Waals surface area contributed by atoms with Crippen molar-refractivity contribution in [1.29, 1.82) is 0 Å². The Morgan fingerprint density at radius 2 is 2.40 bits per heavy atom. The number of aromatic nitrogens is 2. The summed E-state index contributed by atoms with van der Waals surface area (Å²) in [4.78, 5) is 10.3. The molecule has 0 aromatic carbocycles. The molecular formula is C10H15N3O2. The van der Waals surface area contributed by atoms with Crippen LogP contribution in [0.1, 0.15) is 6.92 Å². The van der Waals surface area contributed by atoms with E-state index in [1.54, 1.807) is 18.6 Å². The third-order valence-electron chi connectivity index (χ3n) is 2.40. The maximum atomic E-state index is 9.09. The molecule has 0 saturated carbocycles. The van der Waals surface area contributed by atoms with Crippen LogP contribution in [0.4, 0.5) is 5.82 Å². The molecule has 1 aliphatic heterocycles. The van der Waals surface area contributed by atoms with E-state index in [4.69, 9.17) is 9.84 Å². The van der Waals surface area contributed by atoms with Crippen LogP contribution < -0.4 is 4.90 Å². The molecule has 1 aliphatic rings. The molecule has 5 nitrogen and oxygen atoms in total. The van der Waals surface area contributed by atoms with E-state index in [1.807, 2.05) is 6.92 Å². The number of nitrogens with zero attached hydrogens (tertiary/aromatic N) is 3. The zero-order chi connectivity index (χ0) is 10.7. The highest BCUT2D eigenvalue weighted by atomic mass is 16.5. The van der Waals surface area contributed by atoms with Crippen LogP contribution in [0.2, 0.25) is 0 Å². The molecule has 5 heteroatoms. The number of hydrogen-bond donors (Lipinski definition) is 1. The van der Waals surface area contributed by atoms with Crippen LogP contribution in [-0.4, -0.2) is 47.0 Å². The molecule has 1 fully saturated rings. The smallest absolute Gasteiger partial charge is 0.147 e. The zero-order valence-corrected chi connectivity index (χ0v) is 8.71. The Kier molecular flexibility index (Phi) is 3.13. The van der Waals surface area contributed by atoms with Gasteiger partial charge in [0.2, 0.25) is 0 Å². The molecule has 0 spiro atoms. The first-order valence-corrected chi connectivity index (χ1v) is 5.07. The van der Waals surface area contributed by atoms with Crippen LogP contribution in [0.3, 0.4) is 0 Å². The summed E-state index contributed by atoms with van der Waals surface area (Å²) in [6.45, 7) is 3.49. The summed E-state index contributed by atoms with van der Waals surface area (Å²) in [5, 5.41) is 9.09. The Morgan fingerprint density at radius 3 is 3.07 bits per heavy atom. The van der Waals surface area contributed by atoms with E-state index < -0.39 is 0 Å². The molecule has 0 amide bonds. The van der Waals surface area contributed by atoms with E-state index in [0.717, 1.165) is 12.4 Å². The highest BCUT2D eigenvalue weighted by Gasteiger charge is 2.25.